The lowest BCUT2D eigenvalue weighted by Gasteiger charge is -1.99. The third-order valence-corrected chi connectivity index (χ3v) is 2.65. The molecule has 0 spiro atoms. The highest BCUT2D eigenvalue weighted by molar-refractivity contribution is 5.98. The van der Waals surface area contributed by atoms with Crippen LogP contribution in [0.25, 0.3) is 22.4 Å². The van der Waals surface area contributed by atoms with Gasteiger partial charge in [0.2, 0.25) is 0 Å². The van der Waals surface area contributed by atoms with Crippen LogP contribution in [-0.2, 0) is 0 Å². The van der Waals surface area contributed by atoms with E-state index in [-0.39, 0.29) is 0 Å². The summed E-state index contributed by atoms with van der Waals surface area (Å²) in [6, 6.07) is 11.6. The van der Waals surface area contributed by atoms with Gasteiger partial charge in [-0.05, 0) is 13.0 Å². The number of hydrogen-bond acceptors (Lipinski definition) is 4. The molecule has 1 aromatic carbocycles. The number of rotatable bonds is 1. The molecular weight excluding hydrogens is 214 g/mol. The van der Waals surface area contributed by atoms with Crippen LogP contribution in [0, 0.1) is 6.92 Å². The first-order valence-corrected chi connectivity index (χ1v) is 5.33. The van der Waals surface area contributed by atoms with Crippen molar-refractivity contribution in [2.45, 2.75) is 6.92 Å². The van der Waals surface area contributed by atoms with E-state index in [0.717, 1.165) is 22.3 Å². The summed E-state index contributed by atoms with van der Waals surface area (Å²) >= 11 is 0. The molecule has 2 aromatic heterocycles. The Kier molecular flexibility index (Phi) is 2.08. The van der Waals surface area contributed by atoms with Crippen molar-refractivity contribution < 1.29 is 4.52 Å². The smallest absolute Gasteiger partial charge is 0.260 e. The Hall–Kier alpha value is -2.36. The molecule has 0 aliphatic carbocycles. The van der Waals surface area contributed by atoms with Gasteiger partial charge in [-0.1, -0.05) is 35.5 Å². The summed E-state index contributed by atoms with van der Waals surface area (Å²) in [6.45, 7) is 1.88. The molecule has 4 nitrogen and oxygen atoms in total. The number of aryl methyl sites for hydroxylation is 1. The Morgan fingerprint density at radius 2 is 1.94 bits per heavy atom. The van der Waals surface area contributed by atoms with Gasteiger partial charge in [0.05, 0.1) is 5.39 Å². The Morgan fingerprint density at radius 3 is 2.71 bits per heavy atom. The Bertz CT molecular complexity index is 674. The summed E-state index contributed by atoms with van der Waals surface area (Å²) in [5.74, 6) is 0. The lowest BCUT2D eigenvalue weighted by atomic mass is 10.1. The van der Waals surface area contributed by atoms with E-state index in [4.69, 9.17) is 10.3 Å². The second-order valence-electron chi connectivity index (χ2n) is 3.93. The van der Waals surface area contributed by atoms with Crippen molar-refractivity contribution in [1.29, 1.82) is 0 Å². The summed E-state index contributed by atoms with van der Waals surface area (Å²) < 4.78 is 5.22. The molecule has 2 N–H and O–H groups in total. The molecule has 0 radical (unpaired) electrons. The first-order chi connectivity index (χ1) is 8.25. The van der Waals surface area contributed by atoms with Gasteiger partial charge in [0.15, 0.2) is 0 Å². The highest BCUT2D eigenvalue weighted by Crippen LogP contribution is 2.31. The maximum absolute atomic E-state index is 6.00. The number of fused-ring (bicyclic) bond motifs is 1. The van der Waals surface area contributed by atoms with Crippen LogP contribution in [-0.4, -0.2) is 10.1 Å². The zero-order valence-corrected chi connectivity index (χ0v) is 9.34. The molecule has 0 fully saturated rings. The molecule has 0 aliphatic rings. The molecule has 0 bridgehead atoms. The van der Waals surface area contributed by atoms with E-state index in [0.29, 0.717) is 11.4 Å². The molecular formula is C13H11N3O. The van der Waals surface area contributed by atoms with E-state index in [2.05, 4.69) is 10.1 Å². The van der Waals surface area contributed by atoms with Gasteiger partial charge in [-0.15, -0.1) is 0 Å². The fourth-order valence-corrected chi connectivity index (χ4v) is 1.90. The molecule has 0 unspecified atom stereocenters. The SMILES string of the molecule is Cc1cc(N)c2c(-c3ccccc3)noc2n1. The zero-order chi connectivity index (χ0) is 11.8. The molecule has 0 amide bonds. The number of benzene rings is 1. The van der Waals surface area contributed by atoms with Crippen LogP contribution in [0.4, 0.5) is 5.69 Å². The van der Waals surface area contributed by atoms with E-state index >= 15 is 0 Å². The minimum atomic E-state index is 0.487. The topological polar surface area (TPSA) is 64.9 Å². The van der Waals surface area contributed by atoms with Gasteiger partial charge in [0.1, 0.15) is 5.69 Å². The van der Waals surface area contributed by atoms with Crippen LogP contribution in [0.2, 0.25) is 0 Å². The summed E-state index contributed by atoms with van der Waals surface area (Å²) in [4.78, 5) is 4.27. The number of pyridine rings is 1. The van der Waals surface area contributed by atoms with Gasteiger partial charge < -0.3 is 10.3 Å². The maximum Gasteiger partial charge on any atom is 0.260 e. The van der Waals surface area contributed by atoms with Gasteiger partial charge in [-0.3, -0.25) is 0 Å². The molecule has 2 heterocycles. The van der Waals surface area contributed by atoms with Gasteiger partial charge >= 0.3 is 0 Å². The van der Waals surface area contributed by atoms with Crippen molar-refractivity contribution in [2.24, 2.45) is 0 Å². The van der Waals surface area contributed by atoms with Crippen LogP contribution in [0.5, 0.6) is 0 Å². The monoisotopic (exact) mass is 225 g/mol. The van der Waals surface area contributed by atoms with E-state index in [1.54, 1.807) is 0 Å². The quantitative estimate of drug-likeness (QED) is 0.691. The average Bonchev–Trinajstić information content (AvgIpc) is 2.74. The number of nitrogen functional groups attached to an aromatic ring is 1. The van der Waals surface area contributed by atoms with Crippen LogP contribution < -0.4 is 5.73 Å². The van der Waals surface area contributed by atoms with Crippen LogP contribution in [0.15, 0.2) is 40.9 Å². The summed E-state index contributed by atoms with van der Waals surface area (Å²) in [5, 5.41) is 4.83. The van der Waals surface area contributed by atoms with Gasteiger partial charge in [0, 0.05) is 16.9 Å². The van der Waals surface area contributed by atoms with Crippen LogP contribution in [0.3, 0.4) is 0 Å². The predicted molar refractivity (Wildman–Crippen MR) is 66.4 cm³/mol. The standard InChI is InChI=1S/C13H11N3O/c1-8-7-10(14)11-12(16-17-13(11)15-8)9-5-3-2-4-6-9/h2-7H,1H3,(H2,14,15). The fraction of sp³-hybridized carbons (Fsp3) is 0.0769. The van der Waals surface area contributed by atoms with Crippen LogP contribution >= 0.6 is 0 Å². The molecule has 17 heavy (non-hydrogen) atoms. The van der Waals surface area contributed by atoms with Crippen molar-refractivity contribution >= 4 is 16.8 Å². The van der Waals surface area contributed by atoms with Gasteiger partial charge in [0.25, 0.3) is 5.71 Å². The lowest BCUT2D eigenvalue weighted by Crippen LogP contribution is -1.91. The number of hydrogen-bond donors (Lipinski definition) is 1. The predicted octanol–water partition coefficient (Wildman–Crippen LogP) is 2.78. The lowest BCUT2D eigenvalue weighted by molar-refractivity contribution is 0.451. The third kappa shape index (κ3) is 1.54. The number of nitrogens with two attached hydrogens (primary N) is 1. The molecule has 0 aliphatic heterocycles. The second-order valence-corrected chi connectivity index (χ2v) is 3.93. The van der Waals surface area contributed by atoms with Crippen LogP contribution in [0.1, 0.15) is 5.69 Å². The Balaban J connectivity index is 2.32. The first-order valence-electron chi connectivity index (χ1n) is 5.33. The Labute approximate surface area is 98.1 Å². The molecule has 3 aromatic rings. The third-order valence-electron chi connectivity index (χ3n) is 2.65. The molecule has 84 valence electrons. The van der Waals surface area contributed by atoms with E-state index in [1.165, 1.54) is 0 Å². The molecule has 0 saturated carbocycles. The normalized spacial score (nSPS) is 10.9. The minimum Gasteiger partial charge on any atom is -0.398 e. The highest BCUT2D eigenvalue weighted by Gasteiger charge is 2.14. The second kappa shape index (κ2) is 3.59. The highest BCUT2D eigenvalue weighted by atomic mass is 16.5. The zero-order valence-electron chi connectivity index (χ0n) is 9.34. The largest absolute Gasteiger partial charge is 0.398 e. The first kappa shape index (κ1) is 9.84. The molecule has 3 rings (SSSR count). The maximum atomic E-state index is 6.00. The van der Waals surface area contributed by atoms with E-state index in [9.17, 15) is 0 Å². The summed E-state index contributed by atoms with van der Waals surface area (Å²) in [7, 11) is 0. The summed E-state index contributed by atoms with van der Waals surface area (Å²) in [6.07, 6.45) is 0. The number of anilines is 1. The molecule has 4 heteroatoms. The summed E-state index contributed by atoms with van der Waals surface area (Å²) in [5.41, 5.74) is 9.67. The van der Waals surface area contributed by atoms with Gasteiger partial charge in [-0.2, -0.15) is 0 Å². The number of nitrogens with zero attached hydrogens (tertiary/aromatic N) is 2. The van der Waals surface area contributed by atoms with Crippen molar-refractivity contribution in [3.05, 3.63) is 42.1 Å². The number of aromatic nitrogens is 2. The van der Waals surface area contributed by atoms with Crippen molar-refractivity contribution in [3.8, 4) is 11.3 Å². The fourth-order valence-electron chi connectivity index (χ4n) is 1.90. The molecule has 0 atom stereocenters. The Morgan fingerprint density at radius 1 is 1.18 bits per heavy atom. The van der Waals surface area contributed by atoms with Crippen molar-refractivity contribution in [2.75, 3.05) is 5.73 Å². The molecule has 0 saturated heterocycles. The van der Waals surface area contributed by atoms with Crippen molar-refractivity contribution in [3.63, 3.8) is 0 Å². The van der Waals surface area contributed by atoms with E-state index < -0.39 is 0 Å². The van der Waals surface area contributed by atoms with E-state index in [1.807, 2.05) is 43.3 Å². The van der Waals surface area contributed by atoms with Crippen molar-refractivity contribution in [1.82, 2.24) is 10.1 Å². The average molecular weight is 225 g/mol. The van der Waals surface area contributed by atoms with Gasteiger partial charge in [-0.25, -0.2) is 4.98 Å². The minimum absolute atomic E-state index is 0.487.